The Labute approximate surface area is 94.6 Å². The lowest BCUT2D eigenvalue weighted by Gasteiger charge is -2.00. The first-order chi connectivity index (χ1) is 7.20. The van der Waals surface area contributed by atoms with E-state index in [0.717, 1.165) is 22.9 Å². The van der Waals surface area contributed by atoms with E-state index in [1.54, 1.807) is 0 Å². The second-order valence-corrected chi connectivity index (χ2v) is 4.21. The molecule has 0 atom stereocenters. The number of aryl methyl sites for hydroxylation is 1. The number of nitrogens with two attached hydrogens (primary N) is 1. The average molecular weight is 271 g/mol. The summed E-state index contributed by atoms with van der Waals surface area (Å²) in [6, 6.07) is 3.84. The maximum atomic E-state index is 11.0. The van der Waals surface area contributed by atoms with Crippen molar-refractivity contribution in [3.05, 3.63) is 32.7 Å². The van der Waals surface area contributed by atoms with Crippen LogP contribution in [0, 0.1) is 0 Å². The number of H-pyrrole nitrogens is 1. The first-order valence-electron chi connectivity index (χ1n) is 4.72. The van der Waals surface area contributed by atoms with Crippen molar-refractivity contribution in [3.8, 4) is 0 Å². The van der Waals surface area contributed by atoms with Crippen molar-refractivity contribution < 1.29 is 4.42 Å². The van der Waals surface area contributed by atoms with E-state index < -0.39 is 5.76 Å². The van der Waals surface area contributed by atoms with Gasteiger partial charge >= 0.3 is 5.76 Å². The molecule has 1 aromatic carbocycles. The summed E-state index contributed by atoms with van der Waals surface area (Å²) in [6.07, 6.45) is 1.81. The summed E-state index contributed by atoms with van der Waals surface area (Å²) >= 11 is 3.39. The van der Waals surface area contributed by atoms with E-state index >= 15 is 0 Å². The maximum Gasteiger partial charge on any atom is 0.417 e. The van der Waals surface area contributed by atoms with Crippen LogP contribution in [0.5, 0.6) is 0 Å². The Morgan fingerprint density at radius 2 is 2.27 bits per heavy atom. The van der Waals surface area contributed by atoms with Gasteiger partial charge in [0.2, 0.25) is 0 Å². The first-order valence-corrected chi connectivity index (χ1v) is 5.51. The number of rotatable bonds is 3. The maximum absolute atomic E-state index is 11.0. The molecule has 1 heterocycles. The van der Waals surface area contributed by atoms with Crippen molar-refractivity contribution in [2.24, 2.45) is 5.73 Å². The third kappa shape index (κ3) is 2.13. The number of benzene rings is 1. The molecule has 2 rings (SSSR count). The molecular weight excluding hydrogens is 260 g/mol. The molecule has 0 radical (unpaired) electrons. The predicted molar refractivity (Wildman–Crippen MR) is 61.9 cm³/mol. The fourth-order valence-electron chi connectivity index (χ4n) is 1.51. The highest BCUT2D eigenvalue weighted by molar-refractivity contribution is 9.10. The summed E-state index contributed by atoms with van der Waals surface area (Å²) in [5.41, 5.74) is 7.84. The molecular formula is C10H11BrN2O2. The van der Waals surface area contributed by atoms with Crippen LogP contribution in [0.15, 0.2) is 25.8 Å². The van der Waals surface area contributed by atoms with Gasteiger partial charge in [-0.25, -0.2) is 4.79 Å². The van der Waals surface area contributed by atoms with E-state index in [2.05, 4.69) is 20.9 Å². The van der Waals surface area contributed by atoms with Crippen LogP contribution in [0.3, 0.4) is 0 Å². The number of oxazole rings is 1. The Bertz CT molecular complexity index is 530. The molecule has 0 aliphatic carbocycles. The summed E-state index contributed by atoms with van der Waals surface area (Å²) in [6.45, 7) is 0.659. The van der Waals surface area contributed by atoms with Crippen molar-refractivity contribution >= 4 is 27.0 Å². The lowest BCUT2D eigenvalue weighted by molar-refractivity contribution is 0.555. The molecule has 3 N–H and O–H groups in total. The molecule has 0 saturated carbocycles. The van der Waals surface area contributed by atoms with Crippen LogP contribution in [0.1, 0.15) is 12.0 Å². The van der Waals surface area contributed by atoms with Crippen molar-refractivity contribution in [1.29, 1.82) is 0 Å². The van der Waals surface area contributed by atoms with E-state index in [0.29, 0.717) is 17.6 Å². The summed E-state index contributed by atoms with van der Waals surface area (Å²) in [5, 5.41) is 0. The highest BCUT2D eigenvalue weighted by Gasteiger charge is 2.06. The Hall–Kier alpha value is -1.07. The summed E-state index contributed by atoms with van der Waals surface area (Å²) < 4.78 is 5.84. The molecule has 0 spiro atoms. The van der Waals surface area contributed by atoms with Gasteiger partial charge in [-0.2, -0.15) is 0 Å². The van der Waals surface area contributed by atoms with Gasteiger partial charge in [-0.15, -0.1) is 0 Å². The van der Waals surface area contributed by atoms with Crippen LogP contribution in [-0.2, 0) is 6.42 Å². The van der Waals surface area contributed by atoms with Crippen molar-refractivity contribution in [3.63, 3.8) is 0 Å². The number of hydrogen-bond acceptors (Lipinski definition) is 3. The van der Waals surface area contributed by atoms with E-state index in [9.17, 15) is 4.79 Å². The van der Waals surface area contributed by atoms with Crippen LogP contribution in [0.4, 0.5) is 0 Å². The number of halogens is 1. The van der Waals surface area contributed by atoms with E-state index in [4.69, 9.17) is 10.2 Å². The zero-order valence-corrected chi connectivity index (χ0v) is 9.63. The molecule has 4 nitrogen and oxygen atoms in total. The molecule has 0 fully saturated rings. The number of hydrogen-bond donors (Lipinski definition) is 2. The van der Waals surface area contributed by atoms with Crippen LogP contribution in [0.2, 0.25) is 0 Å². The van der Waals surface area contributed by atoms with Crippen LogP contribution >= 0.6 is 15.9 Å². The fraction of sp³-hybridized carbons (Fsp3) is 0.300. The zero-order valence-electron chi connectivity index (χ0n) is 8.05. The Balaban J connectivity index is 2.47. The van der Waals surface area contributed by atoms with E-state index in [-0.39, 0.29) is 0 Å². The third-order valence-electron chi connectivity index (χ3n) is 2.21. The normalized spacial score (nSPS) is 11.1. The first kappa shape index (κ1) is 10.4. The van der Waals surface area contributed by atoms with Crippen LogP contribution in [-0.4, -0.2) is 11.5 Å². The van der Waals surface area contributed by atoms with Gasteiger partial charge in [-0.05, 0) is 53.0 Å². The second-order valence-electron chi connectivity index (χ2n) is 3.36. The van der Waals surface area contributed by atoms with Crippen molar-refractivity contribution in [2.75, 3.05) is 6.54 Å². The molecule has 0 aliphatic rings. The SMILES string of the molecule is NCCCc1cc(Br)c2[nH]c(=O)oc2c1. The monoisotopic (exact) mass is 270 g/mol. The minimum Gasteiger partial charge on any atom is -0.408 e. The van der Waals surface area contributed by atoms with Gasteiger partial charge < -0.3 is 10.2 Å². The average Bonchev–Trinajstić information content (AvgIpc) is 2.56. The standard InChI is InChI=1S/C10H11BrN2O2/c11-7-4-6(2-1-3-12)5-8-9(7)13-10(14)15-8/h4-5H,1-3,12H2,(H,13,14). The largest absolute Gasteiger partial charge is 0.417 e. The van der Waals surface area contributed by atoms with Gasteiger partial charge in [0, 0.05) is 4.47 Å². The number of aromatic amines is 1. The molecule has 15 heavy (non-hydrogen) atoms. The Morgan fingerprint density at radius 1 is 1.47 bits per heavy atom. The topological polar surface area (TPSA) is 72.0 Å². The second kappa shape index (κ2) is 4.20. The highest BCUT2D eigenvalue weighted by Crippen LogP contribution is 2.23. The van der Waals surface area contributed by atoms with Crippen LogP contribution in [0.25, 0.3) is 11.1 Å². The van der Waals surface area contributed by atoms with Gasteiger partial charge in [0.1, 0.15) is 5.52 Å². The smallest absolute Gasteiger partial charge is 0.408 e. The summed E-state index contributed by atoms with van der Waals surface area (Å²) in [4.78, 5) is 13.6. The lowest BCUT2D eigenvalue weighted by atomic mass is 10.1. The number of fused-ring (bicyclic) bond motifs is 1. The minimum atomic E-state index is -0.429. The fourth-order valence-corrected chi connectivity index (χ4v) is 2.10. The predicted octanol–water partition coefficient (Wildman–Crippen LogP) is 1.77. The zero-order chi connectivity index (χ0) is 10.8. The van der Waals surface area contributed by atoms with E-state index in [1.165, 1.54) is 0 Å². The Morgan fingerprint density at radius 3 is 3.00 bits per heavy atom. The quantitative estimate of drug-likeness (QED) is 0.893. The van der Waals surface area contributed by atoms with Gasteiger partial charge in [-0.1, -0.05) is 0 Å². The van der Waals surface area contributed by atoms with Gasteiger partial charge in [-0.3, -0.25) is 4.98 Å². The molecule has 0 aliphatic heterocycles. The molecule has 0 bridgehead atoms. The highest BCUT2D eigenvalue weighted by atomic mass is 79.9. The van der Waals surface area contributed by atoms with Gasteiger partial charge in [0.05, 0.1) is 0 Å². The number of nitrogens with one attached hydrogen (secondary N) is 1. The van der Waals surface area contributed by atoms with Gasteiger partial charge in [0.25, 0.3) is 0 Å². The summed E-state index contributed by atoms with van der Waals surface area (Å²) in [7, 11) is 0. The van der Waals surface area contributed by atoms with Gasteiger partial charge in [0.15, 0.2) is 5.58 Å². The molecule has 80 valence electrons. The Kier molecular flexibility index (Phi) is 2.93. The molecule has 0 unspecified atom stereocenters. The summed E-state index contributed by atoms with van der Waals surface area (Å²) in [5.74, 6) is -0.429. The molecule has 1 aromatic heterocycles. The molecule has 2 aromatic rings. The van der Waals surface area contributed by atoms with E-state index in [1.807, 2.05) is 12.1 Å². The lowest BCUT2D eigenvalue weighted by Crippen LogP contribution is -2.00. The third-order valence-corrected chi connectivity index (χ3v) is 2.84. The van der Waals surface area contributed by atoms with Crippen molar-refractivity contribution in [1.82, 2.24) is 4.98 Å². The minimum absolute atomic E-state index is 0.429. The number of aromatic nitrogens is 1. The van der Waals surface area contributed by atoms with Crippen molar-refractivity contribution in [2.45, 2.75) is 12.8 Å². The molecule has 0 saturated heterocycles. The van der Waals surface area contributed by atoms with Crippen LogP contribution < -0.4 is 11.5 Å². The molecule has 5 heteroatoms. The molecule has 0 amide bonds.